The minimum absolute atomic E-state index is 0.0477. The van der Waals surface area contributed by atoms with Crippen molar-refractivity contribution < 1.29 is 19.4 Å². The molecule has 0 aromatic carbocycles. The van der Waals surface area contributed by atoms with Gasteiger partial charge in [0.1, 0.15) is 0 Å². The molecular weight excluding hydrogens is 212 g/mol. The number of carbonyl (C=O) groups is 2. The summed E-state index contributed by atoms with van der Waals surface area (Å²) in [5.41, 5.74) is 5.46. The Balaban J connectivity index is 4.19. The average Bonchev–Trinajstić information content (AvgIpc) is 2.18. The Morgan fingerprint density at radius 3 is 2.31 bits per heavy atom. The van der Waals surface area contributed by atoms with Gasteiger partial charge in [0.2, 0.25) is 5.91 Å². The highest BCUT2D eigenvalue weighted by molar-refractivity contribution is 5.80. The van der Waals surface area contributed by atoms with E-state index in [0.29, 0.717) is 0 Å². The monoisotopic (exact) mass is 232 g/mol. The Kier molecular flexibility index (Phi) is 6.67. The van der Waals surface area contributed by atoms with Crippen LogP contribution >= 0.6 is 0 Å². The van der Waals surface area contributed by atoms with Gasteiger partial charge in [-0.2, -0.15) is 0 Å². The number of amides is 1. The van der Waals surface area contributed by atoms with E-state index in [-0.39, 0.29) is 30.8 Å². The minimum Gasteiger partial charge on any atom is -0.479 e. The lowest BCUT2D eigenvalue weighted by Gasteiger charge is -2.19. The number of ether oxygens (including phenoxy) is 1. The van der Waals surface area contributed by atoms with Gasteiger partial charge in [-0.25, -0.2) is 4.79 Å². The van der Waals surface area contributed by atoms with Gasteiger partial charge in [0, 0.05) is 13.7 Å². The molecule has 0 aromatic rings. The number of hydrogen-bond acceptors (Lipinski definition) is 4. The maximum Gasteiger partial charge on any atom is 0.334 e. The van der Waals surface area contributed by atoms with Crippen molar-refractivity contribution in [2.24, 2.45) is 17.6 Å². The summed E-state index contributed by atoms with van der Waals surface area (Å²) in [4.78, 5) is 22.2. The zero-order chi connectivity index (χ0) is 12.7. The molecule has 16 heavy (non-hydrogen) atoms. The molecule has 6 nitrogen and oxygen atoms in total. The van der Waals surface area contributed by atoms with Gasteiger partial charge < -0.3 is 20.9 Å². The Morgan fingerprint density at radius 1 is 1.44 bits per heavy atom. The highest BCUT2D eigenvalue weighted by Crippen LogP contribution is 2.08. The van der Waals surface area contributed by atoms with Gasteiger partial charge in [-0.05, 0) is 5.92 Å². The molecular formula is C10H20N2O4. The van der Waals surface area contributed by atoms with Gasteiger partial charge in [0.15, 0.2) is 6.10 Å². The molecule has 0 spiro atoms. The Bertz CT molecular complexity index is 243. The molecule has 0 aromatic heterocycles. The highest BCUT2D eigenvalue weighted by atomic mass is 16.5. The number of hydrogen-bond donors (Lipinski definition) is 3. The predicted octanol–water partition coefficient (Wildman–Crippen LogP) is -0.567. The molecule has 6 heteroatoms. The average molecular weight is 232 g/mol. The zero-order valence-corrected chi connectivity index (χ0v) is 9.90. The molecule has 0 bridgehead atoms. The molecule has 2 unspecified atom stereocenters. The maximum absolute atomic E-state index is 11.6. The van der Waals surface area contributed by atoms with Crippen LogP contribution in [0.4, 0.5) is 0 Å². The van der Waals surface area contributed by atoms with Crippen LogP contribution in [0.3, 0.4) is 0 Å². The summed E-state index contributed by atoms with van der Waals surface area (Å²) < 4.78 is 4.69. The lowest BCUT2D eigenvalue weighted by atomic mass is 9.95. The first kappa shape index (κ1) is 14.9. The molecule has 4 N–H and O–H groups in total. The van der Waals surface area contributed by atoms with Gasteiger partial charge in [0.05, 0.1) is 12.5 Å². The lowest BCUT2D eigenvalue weighted by Crippen LogP contribution is -2.43. The molecule has 0 aliphatic carbocycles. The van der Waals surface area contributed by atoms with Crippen molar-refractivity contribution >= 4 is 11.9 Å². The lowest BCUT2D eigenvalue weighted by molar-refractivity contribution is -0.148. The van der Waals surface area contributed by atoms with Crippen molar-refractivity contribution in [3.8, 4) is 0 Å². The molecule has 0 aliphatic heterocycles. The number of aliphatic carboxylic acids is 1. The van der Waals surface area contributed by atoms with Crippen LogP contribution in [0.15, 0.2) is 0 Å². The van der Waals surface area contributed by atoms with Gasteiger partial charge in [-0.15, -0.1) is 0 Å². The molecule has 94 valence electrons. The van der Waals surface area contributed by atoms with Crippen molar-refractivity contribution in [2.45, 2.75) is 20.0 Å². The molecule has 0 saturated heterocycles. The Morgan fingerprint density at radius 2 is 2.00 bits per heavy atom. The first-order valence-electron chi connectivity index (χ1n) is 5.17. The van der Waals surface area contributed by atoms with Crippen LogP contribution in [0.5, 0.6) is 0 Å². The van der Waals surface area contributed by atoms with Crippen LogP contribution in [0.2, 0.25) is 0 Å². The minimum atomic E-state index is -1.10. The van der Waals surface area contributed by atoms with Crippen LogP contribution in [-0.4, -0.2) is 43.3 Å². The number of nitrogens with two attached hydrogens (primary N) is 1. The van der Waals surface area contributed by atoms with E-state index in [1.807, 2.05) is 13.8 Å². The van der Waals surface area contributed by atoms with Gasteiger partial charge >= 0.3 is 5.97 Å². The molecule has 0 saturated carbocycles. The summed E-state index contributed by atoms with van der Waals surface area (Å²) in [7, 11) is 1.29. The molecule has 0 heterocycles. The van der Waals surface area contributed by atoms with Gasteiger partial charge in [0.25, 0.3) is 0 Å². The summed E-state index contributed by atoms with van der Waals surface area (Å²) in [6.07, 6.45) is -1.02. The Labute approximate surface area is 95.1 Å². The highest BCUT2D eigenvalue weighted by Gasteiger charge is 2.23. The zero-order valence-electron chi connectivity index (χ0n) is 9.90. The van der Waals surface area contributed by atoms with Crippen molar-refractivity contribution in [1.29, 1.82) is 0 Å². The van der Waals surface area contributed by atoms with Crippen molar-refractivity contribution in [3.05, 3.63) is 0 Å². The largest absolute Gasteiger partial charge is 0.479 e. The molecule has 0 fully saturated rings. The fourth-order valence-electron chi connectivity index (χ4n) is 1.28. The summed E-state index contributed by atoms with van der Waals surface area (Å²) >= 11 is 0. The van der Waals surface area contributed by atoms with Crippen molar-refractivity contribution in [3.63, 3.8) is 0 Å². The maximum atomic E-state index is 11.6. The van der Waals surface area contributed by atoms with E-state index < -0.39 is 12.1 Å². The third-order valence-electron chi connectivity index (χ3n) is 2.42. The van der Waals surface area contributed by atoms with E-state index in [4.69, 9.17) is 15.6 Å². The van der Waals surface area contributed by atoms with Crippen LogP contribution in [0.1, 0.15) is 13.8 Å². The molecule has 2 atom stereocenters. The van der Waals surface area contributed by atoms with E-state index in [0.717, 1.165) is 0 Å². The third-order valence-corrected chi connectivity index (χ3v) is 2.42. The molecule has 0 aliphatic rings. The number of rotatable bonds is 7. The first-order chi connectivity index (χ1) is 7.43. The number of nitrogens with one attached hydrogen (secondary N) is 1. The summed E-state index contributed by atoms with van der Waals surface area (Å²) in [5.74, 6) is -1.51. The van der Waals surface area contributed by atoms with Crippen LogP contribution in [-0.2, 0) is 14.3 Å². The number of carbonyl (C=O) groups excluding carboxylic acids is 1. The second-order valence-corrected chi connectivity index (χ2v) is 3.89. The molecule has 1 amide bonds. The SMILES string of the molecule is COC(CNC(=O)C(CN)C(C)C)C(=O)O. The first-order valence-corrected chi connectivity index (χ1v) is 5.17. The van der Waals surface area contributed by atoms with Crippen LogP contribution in [0, 0.1) is 11.8 Å². The van der Waals surface area contributed by atoms with E-state index in [1.165, 1.54) is 7.11 Å². The van der Waals surface area contributed by atoms with E-state index in [1.54, 1.807) is 0 Å². The third kappa shape index (κ3) is 4.59. The quantitative estimate of drug-likeness (QED) is 0.546. The second kappa shape index (κ2) is 7.19. The van der Waals surface area contributed by atoms with E-state index >= 15 is 0 Å². The van der Waals surface area contributed by atoms with Crippen molar-refractivity contribution in [1.82, 2.24) is 5.32 Å². The summed E-state index contributed by atoms with van der Waals surface area (Å²) in [6.45, 7) is 3.98. The fourth-order valence-corrected chi connectivity index (χ4v) is 1.28. The normalized spacial score (nSPS) is 14.6. The molecule has 0 rings (SSSR count). The summed E-state index contributed by atoms with van der Waals surface area (Å²) in [5, 5.41) is 11.2. The van der Waals surface area contributed by atoms with Crippen molar-refractivity contribution in [2.75, 3.05) is 20.2 Å². The van der Waals surface area contributed by atoms with Crippen LogP contribution in [0.25, 0.3) is 0 Å². The van der Waals surface area contributed by atoms with E-state index in [2.05, 4.69) is 5.32 Å². The van der Waals surface area contributed by atoms with Crippen LogP contribution < -0.4 is 11.1 Å². The standard InChI is InChI=1S/C10H20N2O4/c1-6(2)7(4-11)9(13)12-5-8(16-3)10(14)15/h6-8H,4-5,11H2,1-3H3,(H,12,13)(H,14,15). The number of methoxy groups -OCH3 is 1. The molecule has 0 radical (unpaired) electrons. The van der Waals surface area contributed by atoms with Gasteiger partial charge in [-0.3, -0.25) is 4.79 Å². The topological polar surface area (TPSA) is 102 Å². The smallest absolute Gasteiger partial charge is 0.334 e. The van der Waals surface area contributed by atoms with Gasteiger partial charge in [-0.1, -0.05) is 13.8 Å². The second-order valence-electron chi connectivity index (χ2n) is 3.89. The Hall–Kier alpha value is -1.14. The van der Waals surface area contributed by atoms with E-state index in [9.17, 15) is 9.59 Å². The summed E-state index contributed by atoms with van der Waals surface area (Å²) in [6, 6.07) is 0. The number of carboxylic acid groups (broad SMARTS) is 1. The fraction of sp³-hybridized carbons (Fsp3) is 0.800. The number of carboxylic acids is 1. The predicted molar refractivity (Wildman–Crippen MR) is 58.8 cm³/mol.